The first kappa shape index (κ1) is 13.7. The topological polar surface area (TPSA) is 64.3 Å². The zero-order valence-electron chi connectivity index (χ0n) is 10.5. The second-order valence-electron chi connectivity index (χ2n) is 4.71. The number of nitriles is 1. The molecule has 1 aliphatic heterocycles. The number of nitrogens with zero attached hydrogens (tertiary/aromatic N) is 2. The summed E-state index contributed by atoms with van der Waals surface area (Å²) in [7, 11) is 0. The summed E-state index contributed by atoms with van der Waals surface area (Å²) in [5, 5.41) is 18.7. The Morgan fingerprint density at radius 2 is 2.32 bits per heavy atom. The molecule has 1 aromatic carbocycles. The summed E-state index contributed by atoms with van der Waals surface area (Å²) in [5.41, 5.74) is 1.29. The van der Waals surface area contributed by atoms with Crippen LogP contribution in [0.3, 0.4) is 0 Å². The third-order valence-electron chi connectivity index (χ3n) is 3.43. The van der Waals surface area contributed by atoms with E-state index in [9.17, 15) is 10.1 Å². The summed E-state index contributed by atoms with van der Waals surface area (Å²) in [5.74, 6) is -0.808. The smallest absolute Gasteiger partial charge is 0.305 e. The van der Waals surface area contributed by atoms with Gasteiger partial charge < -0.3 is 10.0 Å². The lowest BCUT2D eigenvalue weighted by atomic mass is 9.97. The predicted molar refractivity (Wildman–Crippen MR) is 73.4 cm³/mol. The number of carbonyl (C=O) groups is 1. The van der Waals surface area contributed by atoms with E-state index in [-0.39, 0.29) is 12.5 Å². The van der Waals surface area contributed by atoms with E-state index in [1.807, 2.05) is 4.90 Å². The largest absolute Gasteiger partial charge is 0.481 e. The molecule has 0 aromatic heterocycles. The van der Waals surface area contributed by atoms with Gasteiger partial charge in [-0.3, -0.25) is 4.79 Å². The van der Waals surface area contributed by atoms with Crippen LogP contribution in [0.2, 0.25) is 5.02 Å². The molecule has 1 saturated heterocycles. The molecule has 0 radical (unpaired) electrons. The third kappa shape index (κ3) is 3.18. The summed E-state index contributed by atoms with van der Waals surface area (Å²) in [6.45, 7) is 0.771. The van der Waals surface area contributed by atoms with E-state index < -0.39 is 5.97 Å². The first-order chi connectivity index (χ1) is 9.11. The van der Waals surface area contributed by atoms with Gasteiger partial charge in [0.2, 0.25) is 0 Å². The van der Waals surface area contributed by atoms with Gasteiger partial charge in [0, 0.05) is 17.6 Å². The lowest BCUT2D eigenvalue weighted by molar-refractivity contribution is -0.137. The molecule has 1 aliphatic rings. The second kappa shape index (κ2) is 5.94. The van der Waals surface area contributed by atoms with Gasteiger partial charge in [-0.15, -0.1) is 0 Å². The van der Waals surface area contributed by atoms with Crippen molar-refractivity contribution in [3.05, 3.63) is 28.8 Å². The van der Waals surface area contributed by atoms with E-state index in [0.717, 1.165) is 31.5 Å². The molecular weight excluding hydrogens is 264 g/mol. The fourth-order valence-electron chi connectivity index (χ4n) is 2.57. The number of carboxylic acids is 1. The molecule has 1 atom stereocenters. The second-order valence-corrected chi connectivity index (χ2v) is 5.15. The molecule has 19 heavy (non-hydrogen) atoms. The molecule has 0 saturated carbocycles. The van der Waals surface area contributed by atoms with Crippen LogP contribution in [-0.4, -0.2) is 23.7 Å². The molecule has 1 fully saturated rings. The Labute approximate surface area is 117 Å². The number of benzene rings is 1. The maximum absolute atomic E-state index is 10.9. The van der Waals surface area contributed by atoms with E-state index in [0.29, 0.717) is 10.6 Å². The number of piperidine rings is 1. The highest BCUT2D eigenvalue weighted by Gasteiger charge is 2.26. The van der Waals surface area contributed by atoms with Crippen LogP contribution in [-0.2, 0) is 4.79 Å². The Hall–Kier alpha value is -1.73. The number of anilines is 1. The monoisotopic (exact) mass is 278 g/mol. The number of hydrogen-bond donors (Lipinski definition) is 1. The molecule has 0 aliphatic carbocycles. The molecule has 0 spiro atoms. The molecule has 0 bridgehead atoms. The predicted octanol–water partition coefficient (Wildman–Crippen LogP) is 3.05. The fraction of sp³-hybridized carbons (Fsp3) is 0.429. The maximum atomic E-state index is 10.9. The molecule has 100 valence electrons. The standard InChI is InChI=1S/C14H15ClN2O2/c15-11-5-4-10(9-16)13(7-11)17-6-2-1-3-12(17)8-14(18)19/h4-5,7,12H,1-3,6,8H2,(H,18,19). The molecule has 1 heterocycles. The van der Waals surface area contributed by atoms with Crippen molar-refractivity contribution in [3.8, 4) is 6.07 Å². The van der Waals surface area contributed by atoms with Crippen molar-refractivity contribution in [1.82, 2.24) is 0 Å². The first-order valence-corrected chi connectivity index (χ1v) is 6.67. The minimum atomic E-state index is -0.808. The van der Waals surface area contributed by atoms with Crippen LogP contribution in [0.15, 0.2) is 18.2 Å². The maximum Gasteiger partial charge on any atom is 0.305 e. The van der Waals surface area contributed by atoms with Crippen LogP contribution < -0.4 is 4.90 Å². The van der Waals surface area contributed by atoms with Crippen molar-refractivity contribution in [2.24, 2.45) is 0 Å². The van der Waals surface area contributed by atoms with Gasteiger partial charge >= 0.3 is 5.97 Å². The van der Waals surface area contributed by atoms with Crippen LogP contribution in [0.4, 0.5) is 5.69 Å². The van der Waals surface area contributed by atoms with Gasteiger partial charge in [-0.05, 0) is 37.5 Å². The molecule has 1 aromatic rings. The van der Waals surface area contributed by atoms with Crippen LogP contribution in [0.1, 0.15) is 31.2 Å². The summed E-state index contributed by atoms with van der Waals surface area (Å²) in [4.78, 5) is 13.0. The summed E-state index contributed by atoms with van der Waals surface area (Å²) in [6, 6.07) is 7.20. The van der Waals surface area contributed by atoms with Crippen molar-refractivity contribution < 1.29 is 9.90 Å². The Morgan fingerprint density at radius 3 is 3.00 bits per heavy atom. The highest BCUT2D eigenvalue weighted by atomic mass is 35.5. The SMILES string of the molecule is N#Cc1ccc(Cl)cc1N1CCCCC1CC(=O)O. The quantitative estimate of drug-likeness (QED) is 0.923. The Bertz CT molecular complexity index is 525. The van der Waals surface area contributed by atoms with Crippen molar-refractivity contribution in [2.45, 2.75) is 31.7 Å². The third-order valence-corrected chi connectivity index (χ3v) is 3.66. The van der Waals surface area contributed by atoms with Crippen LogP contribution in [0.25, 0.3) is 0 Å². The van der Waals surface area contributed by atoms with Crippen molar-refractivity contribution in [1.29, 1.82) is 5.26 Å². The van der Waals surface area contributed by atoms with Crippen LogP contribution in [0.5, 0.6) is 0 Å². The van der Waals surface area contributed by atoms with Crippen LogP contribution in [0, 0.1) is 11.3 Å². The van der Waals surface area contributed by atoms with Gasteiger partial charge in [0.15, 0.2) is 0 Å². The zero-order valence-corrected chi connectivity index (χ0v) is 11.2. The fourth-order valence-corrected chi connectivity index (χ4v) is 2.73. The summed E-state index contributed by atoms with van der Waals surface area (Å²) in [6.07, 6.45) is 2.96. The van der Waals surface area contributed by atoms with Gasteiger partial charge in [-0.25, -0.2) is 0 Å². The normalized spacial score (nSPS) is 18.9. The van der Waals surface area contributed by atoms with Gasteiger partial charge in [0.05, 0.1) is 17.7 Å². The summed E-state index contributed by atoms with van der Waals surface area (Å²) < 4.78 is 0. The zero-order chi connectivity index (χ0) is 13.8. The van der Waals surface area contributed by atoms with E-state index in [1.54, 1.807) is 18.2 Å². The minimum Gasteiger partial charge on any atom is -0.481 e. The van der Waals surface area contributed by atoms with Gasteiger partial charge in [0.25, 0.3) is 0 Å². The Balaban J connectivity index is 2.34. The van der Waals surface area contributed by atoms with Crippen LogP contribution >= 0.6 is 11.6 Å². The number of halogens is 1. The lowest BCUT2D eigenvalue weighted by Gasteiger charge is -2.37. The summed E-state index contributed by atoms with van der Waals surface area (Å²) >= 11 is 5.99. The van der Waals surface area contributed by atoms with Gasteiger partial charge in [-0.2, -0.15) is 5.26 Å². The average molecular weight is 279 g/mol. The average Bonchev–Trinajstić information content (AvgIpc) is 2.38. The highest BCUT2D eigenvalue weighted by Crippen LogP contribution is 2.31. The number of carboxylic acid groups (broad SMARTS) is 1. The Morgan fingerprint density at radius 1 is 1.53 bits per heavy atom. The van der Waals surface area contributed by atoms with E-state index >= 15 is 0 Å². The molecular formula is C14H15ClN2O2. The van der Waals surface area contributed by atoms with E-state index in [4.69, 9.17) is 16.7 Å². The number of rotatable bonds is 3. The van der Waals surface area contributed by atoms with E-state index in [1.165, 1.54) is 0 Å². The van der Waals surface area contributed by atoms with E-state index in [2.05, 4.69) is 6.07 Å². The molecule has 2 rings (SSSR count). The molecule has 5 heteroatoms. The first-order valence-electron chi connectivity index (χ1n) is 6.30. The molecule has 1 unspecified atom stereocenters. The van der Waals surface area contributed by atoms with Crippen molar-refractivity contribution in [3.63, 3.8) is 0 Å². The number of aliphatic carboxylic acids is 1. The van der Waals surface area contributed by atoms with Crippen molar-refractivity contribution >= 4 is 23.3 Å². The van der Waals surface area contributed by atoms with Gasteiger partial charge in [0.1, 0.15) is 6.07 Å². The Kier molecular flexibility index (Phi) is 4.28. The number of hydrogen-bond acceptors (Lipinski definition) is 3. The lowest BCUT2D eigenvalue weighted by Crippen LogP contribution is -2.41. The van der Waals surface area contributed by atoms with Crippen molar-refractivity contribution in [2.75, 3.05) is 11.4 Å². The molecule has 4 nitrogen and oxygen atoms in total. The molecule has 1 N–H and O–H groups in total. The highest BCUT2D eigenvalue weighted by molar-refractivity contribution is 6.30. The minimum absolute atomic E-state index is 0.0585. The molecule has 0 amide bonds. The van der Waals surface area contributed by atoms with Gasteiger partial charge in [-0.1, -0.05) is 11.6 Å².